The van der Waals surface area contributed by atoms with E-state index in [-0.39, 0.29) is 11.8 Å². The van der Waals surface area contributed by atoms with Gasteiger partial charge in [0.05, 0.1) is 18.2 Å². The van der Waals surface area contributed by atoms with Gasteiger partial charge < -0.3 is 4.74 Å². The Morgan fingerprint density at radius 2 is 1.34 bits per heavy atom. The van der Waals surface area contributed by atoms with Crippen LogP contribution in [-0.2, 0) is 11.2 Å². The number of rotatable bonds is 13. The van der Waals surface area contributed by atoms with Gasteiger partial charge in [0.2, 0.25) is 0 Å². The van der Waals surface area contributed by atoms with Crippen molar-refractivity contribution in [3.8, 4) is 34.1 Å². The van der Waals surface area contributed by atoms with Crippen molar-refractivity contribution >= 4 is 11.7 Å². The van der Waals surface area contributed by atoms with Gasteiger partial charge in [0.25, 0.3) is 0 Å². The SMILES string of the molecule is [C-]#[N+]c1ccc(-c2ccc(OC(=O)CCCCCCCCCc3ccc(-c4ccc(C#N)cc4)c(F)c3)cc2)cc1. The Morgan fingerprint density at radius 3 is 1.95 bits per heavy atom. The fourth-order valence-electron chi connectivity index (χ4n) is 4.78. The van der Waals surface area contributed by atoms with Crippen LogP contribution < -0.4 is 4.74 Å². The number of ether oxygens (including phenoxy) is 1. The Hall–Kier alpha value is -4.74. The van der Waals surface area contributed by atoms with E-state index in [1.54, 1.807) is 54.6 Å². The molecule has 0 unspecified atom stereocenters. The summed E-state index contributed by atoms with van der Waals surface area (Å²) < 4.78 is 20.1. The lowest BCUT2D eigenvalue weighted by atomic mass is 9.99. The number of aryl methyl sites for hydroxylation is 1. The number of esters is 1. The van der Waals surface area contributed by atoms with Gasteiger partial charge in [-0.25, -0.2) is 9.24 Å². The zero-order valence-electron chi connectivity index (χ0n) is 23.1. The first-order valence-corrected chi connectivity index (χ1v) is 14.1. The summed E-state index contributed by atoms with van der Waals surface area (Å²) in [5.74, 6) is 0.101. The molecule has 4 nitrogen and oxygen atoms in total. The molecule has 0 bridgehead atoms. The average Bonchev–Trinajstić information content (AvgIpc) is 3.01. The van der Waals surface area contributed by atoms with E-state index in [1.165, 1.54) is 0 Å². The van der Waals surface area contributed by atoms with Crippen molar-refractivity contribution in [3.05, 3.63) is 119 Å². The summed E-state index contributed by atoms with van der Waals surface area (Å²) in [6, 6.07) is 29.3. The highest BCUT2D eigenvalue weighted by Crippen LogP contribution is 2.26. The maximum absolute atomic E-state index is 14.6. The monoisotopic (exact) mass is 544 g/mol. The number of carbonyl (C=O) groups excluding carboxylic acids is 1. The quantitative estimate of drug-likeness (QED) is 0.0728. The fourth-order valence-corrected chi connectivity index (χ4v) is 4.78. The number of nitriles is 1. The minimum absolute atomic E-state index is 0.211. The third-order valence-electron chi connectivity index (χ3n) is 7.12. The number of halogens is 1. The highest BCUT2D eigenvalue weighted by atomic mass is 19.1. The van der Waals surface area contributed by atoms with E-state index in [0.717, 1.165) is 73.6 Å². The van der Waals surface area contributed by atoms with Crippen LogP contribution in [0.3, 0.4) is 0 Å². The second-order valence-corrected chi connectivity index (χ2v) is 10.1. The predicted octanol–water partition coefficient (Wildman–Crippen LogP) is 9.85. The number of hydrogen-bond acceptors (Lipinski definition) is 3. The maximum atomic E-state index is 14.6. The lowest BCUT2D eigenvalue weighted by Crippen LogP contribution is -2.07. The summed E-state index contributed by atoms with van der Waals surface area (Å²) in [7, 11) is 0. The molecule has 206 valence electrons. The molecule has 4 aromatic carbocycles. The molecule has 0 N–H and O–H groups in total. The highest BCUT2D eigenvalue weighted by Gasteiger charge is 2.08. The van der Waals surface area contributed by atoms with Crippen LogP contribution in [0, 0.1) is 23.7 Å². The molecular weight excluding hydrogens is 511 g/mol. The molecule has 0 saturated carbocycles. The molecule has 0 aliphatic carbocycles. The predicted molar refractivity (Wildman–Crippen MR) is 161 cm³/mol. The fraction of sp³-hybridized carbons (Fsp3) is 0.250. The van der Waals surface area contributed by atoms with Crippen LogP contribution in [0.5, 0.6) is 5.75 Å². The van der Waals surface area contributed by atoms with E-state index < -0.39 is 0 Å². The van der Waals surface area contributed by atoms with Crippen LogP contribution in [0.15, 0.2) is 91.0 Å². The van der Waals surface area contributed by atoms with Crippen LogP contribution in [0.25, 0.3) is 27.1 Å². The van der Waals surface area contributed by atoms with E-state index in [2.05, 4.69) is 10.9 Å². The molecule has 0 saturated heterocycles. The molecule has 4 rings (SSSR count). The van der Waals surface area contributed by atoms with Gasteiger partial charge in [0.15, 0.2) is 5.69 Å². The largest absolute Gasteiger partial charge is 0.427 e. The summed E-state index contributed by atoms with van der Waals surface area (Å²) in [6.45, 7) is 7.04. The molecule has 0 aromatic heterocycles. The van der Waals surface area contributed by atoms with Crippen molar-refractivity contribution in [1.82, 2.24) is 0 Å². The van der Waals surface area contributed by atoms with Crippen LogP contribution in [0.2, 0.25) is 0 Å². The molecule has 5 heteroatoms. The molecule has 0 fully saturated rings. The van der Waals surface area contributed by atoms with Gasteiger partial charge in [-0.2, -0.15) is 5.26 Å². The number of nitrogens with zero attached hydrogens (tertiary/aromatic N) is 2. The Morgan fingerprint density at radius 1 is 0.756 bits per heavy atom. The van der Waals surface area contributed by atoms with Gasteiger partial charge in [-0.3, -0.25) is 4.79 Å². The molecule has 0 radical (unpaired) electrons. The normalized spacial score (nSPS) is 10.5. The first kappa shape index (κ1) is 29.2. The van der Waals surface area contributed by atoms with Gasteiger partial charge in [-0.15, -0.1) is 0 Å². The number of carbonyl (C=O) groups is 1. The lowest BCUT2D eigenvalue weighted by Gasteiger charge is -2.07. The van der Waals surface area contributed by atoms with Crippen LogP contribution in [-0.4, -0.2) is 5.97 Å². The van der Waals surface area contributed by atoms with Gasteiger partial charge in [0, 0.05) is 12.0 Å². The molecule has 0 heterocycles. The number of benzene rings is 4. The Kier molecular flexibility index (Phi) is 10.8. The van der Waals surface area contributed by atoms with Gasteiger partial charge in [0.1, 0.15) is 11.6 Å². The van der Waals surface area contributed by atoms with Crippen LogP contribution in [0.1, 0.15) is 62.5 Å². The van der Waals surface area contributed by atoms with Crippen LogP contribution in [0.4, 0.5) is 10.1 Å². The standard InChI is InChI=1S/C36H33FN2O2/c1-39-32-20-16-29(17-21-32)30-18-22-33(23-19-30)41-36(40)10-8-6-4-2-3-5-7-9-27-13-24-34(35(37)25-27)31-14-11-28(26-38)12-15-31/h11-25H,2-10H2. The summed E-state index contributed by atoms with van der Waals surface area (Å²) in [5, 5.41) is 8.93. The van der Waals surface area contributed by atoms with Gasteiger partial charge in [-0.05, 0) is 71.8 Å². The third-order valence-corrected chi connectivity index (χ3v) is 7.12. The molecule has 0 aliphatic rings. The summed E-state index contributed by atoms with van der Waals surface area (Å²) >= 11 is 0. The molecular formula is C36H33FN2O2. The van der Waals surface area contributed by atoms with Crippen molar-refractivity contribution in [2.24, 2.45) is 0 Å². The van der Waals surface area contributed by atoms with Crippen molar-refractivity contribution in [2.45, 2.75) is 57.8 Å². The summed E-state index contributed by atoms with van der Waals surface area (Å²) in [4.78, 5) is 15.6. The van der Waals surface area contributed by atoms with E-state index in [0.29, 0.717) is 29.0 Å². The second-order valence-electron chi connectivity index (χ2n) is 10.1. The van der Waals surface area contributed by atoms with Crippen LogP contribution >= 0.6 is 0 Å². The molecule has 0 spiro atoms. The van der Waals surface area contributed by atoms with Gasteiger partial charge in [-0.1, -0.05) is 92.8 Å². The highest BCUT2D eigenvalue weighted by molar-refractivity contribution is 5.73. The zero-order valence-corrected chi connectivity index (χ0v) is 23.1. The molecule has 0 aliphatic heterocycles. The Bertz CT molecular complexity index is 1510. The van der Waals surface area contributed by atoms with Crippen molar-refractivity contribution in [2.75, 3.05) is 0 Å². The van der Waals surface area contributed by atoms with E-state index >= 15 is 0 Å². The minimum Gasteiger partial charge on any atom is -0.427 e. The Labute approximate surface area is 241 Å². The van der Waals surface area contributed by atoms with Gasteiger partial charge >= 0.3 is 5.97 Å². The van der Waals surface area contributed by atoms with Crippen molar-refractivity contribution in [3.63, 3.8) is 0 Å². The third kappa shape index (κ3) is 8.88. The zero-order chi connectivity index (χ0) is 28.9. The molecule has 4 aromatic rings. The summed E-state index contributed by atoms with van der Waals surface area (Å²) in [5.41, 5.74) is 5.52. The minimum atomic E-state index is -0.230. The number of unbranched alkanes of at least 4 members (excludes halogenated alkanes) is 6. The topological polar surface area (TPSA) is 54.5 Å². The van der Waals surface area contributed by atoms with Crippen molar-refractivity contribution in [1.29, 1.82) is 5.26 Å². The Balaban J connectivity index is 1.06. The lowest BCUT2D eigenvalue weighted by molar-refractivity contribution is -0.134. The van der Waals surface area contributed by atoms with E-state index in [4.69, 9.17) is 16.6 Å². The number of hydrogen-bond donors (Lipinski definition) is 0. The second kappa shape index (κ2) is 15.2. The first-order valence-electron chi connectivity index (χ1n) is 14.1. The van der Waals surface area contributed by atoms with E-state index in [9.17, 15) is 9.18 Å². The molecule has 41 heavy (non-hydrogen) atoms. The summed E-state index contributed by atoms with van der Waals surface area (Å²) in [6.07, 6.45) is 8.53. The van der Waals surface area contributed by atoms with E-state index in [1.807, 2.05) is 36.4 Å². The first-order chi connectivity index (χ1) is 20.1. The molecule has 0 atom stereocenters. The smallest absolute Gasteiger partial charge is 0.311 e. The average molecular weight is 545 g/mol. The van der Waals surface area contributed by atoms with Crippen molar-refractivity contribution < 1.29 is 13.9 Å². The maximum Gasteiger partial charge on any atom is 0.311 e. The molecule has 0 amide bonds.